The van der Waals surface area contributed by atoms with E-state index in [-0.39, 0.29) is 17.5 Å². The van der Waals surface area contributed by atoms with Crippen molar-refractivity contribution in [3.63, 3.8) is 0 Å². The highest BCUT2D eigenvalue weighted by molar-refractivity contribution is 7.10. The summed E-state index contributed by atoms with van der Waals surface area (Å²) in [6.45, 7) is 0.767. The summed E-state index contributed by atoms with van der Waals surface area (Å²) in [5.41, 5.74) is 7.41. The van der Waals surface area contributed by atoms with Crippen molar-refractivity contribution in [2.45, 2.75) is 37.8 Å². The molecule has 4 rings (SSSR count). The molecule has 0 saturated carbocycles. The Morgan fingerprint density at radius 3 is 2.75 bits per heavy atom. The molecule has 2 amide bonds. The van der Waals surface area contributed by atoms with Gasteiger partial charge >= 0.3 is 6.18 Å². The Kier molecular flexibility index (Phi) is 6.04. The molecule has 0 spiro atoms. The largest absolute Gasteiger partial charge is 0.389 e. The second kappa shape index (κ2) is 8.77. The van der Waals surface area contributed by atoms with E-state index in [0.29, 0.717) is 42.8 Å². The average Bonchev–Trinajstić information content (AvgIpc) is 3.39. The van der Waals surface area contributed by atoms with Crippen molar-refractivity contribution in [2.24, 2.45) is 0 Å². The van der Waals surface area contributed by atoms with Crippen LogP contribution in [0.3, 0.4) is 0 Å². The van der Waals surface area contributed by atoms with Gasteiger partial charge in [-0.25, -0.2) is 4.98 Å². The van der Waals surface area contributed by atoms with E-state index in [9.17, 15) is 22.8 Å². The van der Waals surface area contributed by atoms with Crippen molar-refractivity contribution >= 4 is 45.6 Å². The number of halogens is 3. The van der Waals surface area contributed by atoms with Gasteiger partial charge in [0.15, 0.2) is 5.82 Å². The van der Waals surface area contributed by atoms with Gasteiger partial charge in [0, 0.05) is 41.9 Å². The maximum Gasteiger partial charge on any atom is 0.389 e. The topological polar surface area (TPSA) is 117 Å². The average molecular weight is 466 g/mol. The fraction of sp³-hybridized carbons (Fsp3) is 0.400. The van der Waals surface area contributed by atoms with Crippen LogP contribution < -0.4 is 11.1 Å². The highest BCUT2D eigenvalue weighted by atomic mass is 32.1. The maximum atomic E-state index is 12.6. The minimum absolute atomic E-state index is 0.0651. The molecule has 170 valence electrons. The summed E-state index contributed by atoms with van der Waals surface area (Å²) in [5.74, 6) is -0.422. The van der Waals surface area contributed by atoms with Crippen LogP contribution in [0.5, 0.6) is 0 Å². The SMILES string of the molecule is Nc1n[nH]c2ccc(NC(=O)c3csc(C4CCN(C(=O)CCC(F)(F)F)CC4)n3)cc12. The highest BCUT2D eigenvalue weighted by Crippen LogP contribution is 2.31. The molecule has 4 N–H and O–H groups in total. The number of aromatic nitrogens is 3. The summed E-state index contributed by atoms with van der Waals surface area (Å²) < 4.78 is 37.0. The van der Waals surface area contributed by atoms with Crippen LogP contribution in [0, 0.1) is 0 Å². The van der Waals surface area contributed by atoms with Gasteiger partial charge in [0.05, 0.1) is 16.9 Å². The van der Waals surface area contributed by atoms with Gasteiger partial charge in [0.2, 0.25) is 5.91 Å². The van der Waals surface area contributed by atoms with E-state index in [1.54, 1.807) is 23.6 Å². The summed E-state index contributed by atoms with van der Waals surface area (Å²) in [4.78, 5) is 30.5. The number of hydrogen-bond acceptors (Lipinski definition) is 6. The van der Waals surface area contributed by atoms with Crippen LogP contribution in [0.4, 0.5) is 24.7 Å². The van der Waals surface area contributed by atoms with Gasteiger partial charge in [-0.3, -0.25) is 14.7 Å². The third-order valence-corrected chi connectivity index (χ3v) is 6.43. The van der Waals surface area contributed by atoms with Crippen LogP contribution in [-0.2, 0) is 4.79 Å². The van der Waals surface area contributed by atoms with E-state index in [0.717, 1.165) is 10.5 Å². The zero-order valence-electron chi connectivity index (χ0n) is 16.9. The smallest absolute Gasteiger partial charge is 0.382 e. The third-order valence-electron chi connectivity index (χ3n) is 5.42. The van der Waals surface area contributed by atoms with Crippen LogP contribution >= 0.6 is 11.3 Å². The Balaban J connectivity index is 1.33. The van der Waals surface area contributed by atoms with Gasteiger partial charge in [0.25, 0.3) is 5.91 Å². The Morgan fingerprint density at radius 2 is 2.03 bits per heavy atom. The number of rotatable bonds is 5. The second-order valence-electron chi connectivity index (χ2n) is 7.66. The number of thiazole rings is 1. The summed E-state index contributed by atoms with van der Waals surface area (Å²) >= 11 is 1.37. The number of nitrogen functional groups attached to an aromatic ring is 1. The molecule has 0 radical (unpaired) electrons. The molecule has 2 aromatic heterocycles. The number of fused-ring (bicyclic) bond motifs is 1. The normalized spacial score (nSPS) is 15.3. The van der Waals surface area contributed by atoms with E-state index in [1.165, 1.54) is 16.2 Å². The van der Waals surface area contributed by atoms with Crippen molar-refractivity contribution in [3.05, 3.63) is 34.3 Å². The monoisotopic (exact) mass is 466 g/mol. The van der Waals surface area contributed by atoms with Crippen molar-refractivity contribution in [3.8, 4) is 0 Å². The first-order chi connectivity index (χ1) is 15.2. The molecule has 1 aliphatic heterocycles. The number of carbonyl (C=O) groups excluding carboxylic acids is 2. The summed E-state index contributed by atoms with van der Waals surface area (Å²) in [6.07, 6.45) is -4.75. The number of piperidine rings is 1. The fourth-order valence-electron chi connectivity index (χ4n) is 3.67. The molecule has 1 aliphatic rings. The molecular formula is C20H21F3N6O2S. The molecule has 1 fully saturated rings. The number of H-pyrrole nitrogens is 1. The molecule has 3 aromatic rings. The summed E-state index contributed by atoms with van der Waals surface area (Å²) in [7, 11) is 0. The quantitative estimate of drug-likeness (QED) is 0.527. The molecule has 0 unspecified atom stereocenters. The zero-order valence-corrected chi connectivity index (χ0v) is 17.7. The van der Waals surface area contributed by atoms with Crippen LogP contribution in [0.2, 0.25) is 0 Å². The number of hydrogen-bond donors (Lipinski definition) is 3. The molecule has 8 nitrogen and oxygen atoms in total. The standard InChI is InChI=1S/C20H21F3N6O2S/c21-20(22,23)6-3-16(30)29-7-4-11(5-8-29)19-26-15(10-32-19)18(31)25-12-1-2-14-13(9-12)17(24)28-27-14/h1-2,9-11H,3-8H2,(H,25,31)(H3,24,27,28). The summed E-state index contributed by atoms with van der Waals surface area (Å²) in [6, 6.07) is 5.23. The minimum Gasteiger partial charge on any atom is -0.382 e. The molecule has 32 heavy (non-hydrogen) atoms. The first kappa shape index (κ1) is 22.1. The van der Waals surface area contributed by atoms with Crippen LogP contribution in [0.15, 0.2) is 23.6 Å². The Labute approximate surface area is 185 Å². The minimum atomic E-state index is -4.33. The van der Waals surface area contributed by atoms with E-state index in [4.69, 9.17) is 5.73 Å². The number of nitrogens with zero attached hydrogens (tertiary/aromatic N) is 3. The van der Waals surface area contributed by atoms with E-state index < -0.39 is 24.9 Å². The lowest BCUT2D eigenvalue weighted by Gasteiger charge is -2.31. The molecular weight excluding hydrogens is 445 g/mol. The Bertz CT molecular complexity index is 1130. The number of benzene rings is 1. The van der Waals surface area contributed by atoms with Crippen molar-refractivity contribution in [2.75, 3.05) is 24.1 Å². The lowest BCUT2D eigenvalue weighted by molar-refractivity contribution is -0.149. The maximum absolute atomic E-state index is 12.6. The zero-order chi connectivity index (χ0) is 22.9. The van der Waals surface area contributed by atoms with Gasteiger partial charge in [-0.1, -0.05) is 0 Å². The van der Waals surface area contributed by atoms with Crippen molar-refractivity contribution in [1.29, 1.82) is 0 Å². The number of alkyl halides is 3. The lowest BCUT2D eigenvalue weighted by Crippen LogP contribution is -2.38. The van der Waals surface area contributed by atoms with Gasteiger partial charge in [-0.2, -0.15) is 18.3 Å². The molecule has 1 saturated heterocycles. The van der Waals surface area contributed by atoms with Gasteiger partial charge in [0.1, 0.15) is 5.69 Å². The first-order valence-corrected chi connectivity index (χ1v) is 10.9. The number of amides is 2. The van der Waals surface area contributed by atoms with Crippen LogP contribution in [0.1, 0.15) is 47.1 Å². The molecule has 12 heteroatoms. The lowest BCUT2D eigenvalue weighted by atomic mass is 9.97. The molecule has 1 aromatic carbocycles. The second-order valence-corrected chi connectivity index (χ2v) is 8.55. The number of aromatic amines is 1. The Morgan fingerprint density at radius 1 is 1.28 bits per heavy atom. The van der Waals surface area contributed by atoms with Crippen LogP contribution in [0.25, 0.3) is 10.9 Å². The van der Waals surface area contributed by atoms with Gasteiger partial charge < -0.3 is 16.0 Å². The molecule has 0 atom stereocenters. The van der Waals surface area contributed by atoms with Crippen molar-refractivity contribution in [1.82, 2.24) is 20.1 Å². The number of anilines is 2. The first-order valence-electron chi connectivity index (χ1n) is 10.0. The van der Waals surface area contributed by atoms with E-state index >= 15 is 0 Å². The van der Waals surface area contributed by atoms with Crippen LogP contribution in [-0.4, -0.2) is 51.2 Å². The third kappa shape index (κ3) is 5.01. The Hall–Kier alpha value is -3.15. The number of nitrogens with two attached hydrogens (primary N) is 1. The fourth-order valence-corrected chi connectivity index (χ4v) is 4.64. The number of nitrogens with one attached hydrogen (secondary N) is 2. The molecule has 3 heterocycles. The highest BCUT2D eigenvalue weighted by Gasteiger charge is 2.31. The number of likely N-dealkylation sites (tertiary alicyclic amines) is 1. The predicted molar refractivity (Wildman–Crippen MR) is 114 cm³/mol. The number of carbonyl (C=O) groups is 2. The molecule has 0 bridgehead atoms. The van der Waals surface area contributed by atoms with Gasteiger partial charge in [-0.05, 0) is 31.0 Å². The van der Waals surface area contributed by atoms with E-state index in [1.807, 2.05) is 0 Å². The molecule has 0 aliphatic carbocycles. The summed E-state index contributed by atoms with van der Waals surface area (Å²) in [5, 5.41) is 12.7. The van der Waals surface area contributed by atoms with E-state index in [2.05, 4.69) is 20.5 Å². The predicted octanol–water partition coefficient (Wildman–Crippen LogP) is 3.90. The van der Waals surface area contributed by atoms with Crippen molar-refractivity contribution < 1.29 is 22.8 Å². The van der Waals surface area contributed by atoms with Gasteiger partial charge in [-0.15, -0.1) is 11.3 Å².